The number of hydrogen-bond acceptors (Lipinski definition) is 7. The number of hydrogen-bond donors (Lipinski definition) is 4. The van der Waals surface area contributed by atoms with Crippen LogP contribution in [0.4, 0.5) is 18.9 Å². The van der Waals surface area contributed by atoms with E-state index in [1.165, 1.54) is 6.07 Å². The summed E-state index contributed by atoms with van der Waals surface area (Å²) in [5.74, 6) is 0.338. The first-order valence-corrected chi connectivity index (χ1v) is 12.2. The summed E-state index contributed by atoms with van der Waals surface area (Å²) in [4.78, 5) is 2.16. The van der Waals surface area contributed by atoms with Gasteiger partial charge in [-0.2, -0.15) is 13.2 Å². The van der Waals surface area contributed by atoms with Crippen molar-refractivity contribution in [2.45, 2.75) is 51.6 Å². The van der Waals surface area contributed by atoms with E-state index in [2.05, 4.69) is 16.3 Å². The average Bonchev–Trinajstić information content (AvgIpc) is 3.21. The number of anilines is 1. The number of aliphatic hydroxyl groups excluding tert-OH is 2. The van der Waals surface area contributed by atoms with Crippen molar-refractivity contribution in [1.82, 2.24) is 5.32 Å². The van der Waals surface area contributed by atoms with E-state index in [0.717, 1.165) is 35.3 Å². The number of alkyl halides is 3. The first-order valence-electron chi connectivity index (χ1n) is 12.2. The molecule has 5 N–H and O–H groups in total. The third kappa shape index (κ3) is 7.99. The Kier molecular flexibility index (Phi) is 9.84. The molecule has 0 aromatic heterocycles. The van der Waals surface area contributed by atoms with Gasteiger partial charge in [0.1, 0.15) is 12.8 Å². The molecule has 0 saturated carbocycles. The lowest BCUT2D eigenvalue weighted by atomic mass is 9.97. The van der Waals surface area contributed by atoms with Gasteiger partial charge in [0.15, 0.2) is 18.1 Å². The molecule has 36 heavy (non-hydrogen) atoms. The van der Waals surface area contributed by atoms with Crippen LogP contribution in [0.15, 0.2) is 30.3 Å². The molecule has 0 aliphatic carbocycles. The summed E-state index contributed by atoms with van der Waals surface area (Å²) in [5.41, 5.74) is 10.6. The molecule has 1 heterocycles. The highest BCUT2D eigenvalue weighted by atomic mass is 19.4. The second-order valence-corrected chi connectivity index (χ2v) is 9.21. The van der Waals surface area contributed by atoms with Crippen molar-refractivity contribution in [3.63, 3.8) is 0 Å². The van der Waals surface area contributed by atoms with Gasteiger partial charge in [-0.15, -0.1) is 0 Å². The van der Waals surface area contributed by atoms with Gasteiger partial charge < -0.3 is 35.6 Å². The van der Waals surface area contributed by atoms with Crippen molar-refractivity contribution < 1.29 is 32.9 Å². The third-order valence-electron chi connectivity index (χ3n) is 6.04. The van der Waals surface area contributed by atoms with E-state index in [9.17, 15) is 18.3 Å². The van der Waals surface area contributed by atoms with Crippen LogP contribution < -0.4 is 25.4 Å². The Morgan fingerprint density at radius 1 is 1.17 bits per heavy atom. The van der Waals surface area contributed by atoms with E-state index >= 15 is 0 Å². The number of nitrogens with zero attached hydrogens (tertiary/aromatic N) is 1. The Hall–Kier alpha value is -2.53. The number of rotatable bonds is 13. The monoisotopic (exact) mass is 511 g/mol. The molecule has 0 fully saturated rings. The van der Waals surface area contributed by atoms with Crippen LogP contribution >= 0.6 is 0 Å². The molecule has 0 amide bonds. The summed E-state index contributed by atoms with van der Waals surface area (Å²) in [6.07, 6.45) is -3.29. The van der Waals surface area contributed by atoms with Crippen molar-refractivity contribution in [3.05, 3.63) is 52.6 Å². The van der Waals surface area contributed by atoms with Crippen molar-refractivity contribution in [1.29, 1.82) is 0 Å². The number of nitrogens with two attached hydrogens (primary N) is 1. The number of aryl methyl sites for hydroxylation is 1. The molecular weight excluding hydrogens is 475 g/mol. The molecule has 0 radical (unpaired) electrons. The summed E-state index contributed by atoms with van der Waals surface area (Å²) >= 11 is 0. The number of aliphatic hydroxyl groups is 2. The summed E-state index contributed by atoms with van der Waals surface area (Å²) in [7, 11) is 0. The van der Waals surface area contributed by atoms with Crippen LogP contribution in [0.1, 0.15) is 41.8 Å². The highest BCUT2D eigenvalue weighted by Gasteiger charge is 2.29. The van der Waals surface area contributed by atoms with E-state index in [0.29, 0.717) is 31.5 Å². The molecule has 7 nitrogen and oxygen atoms in total. The smallest absolute Gasteiger partial charge is 0.422 e. The molecule has 2 atom stereocenters. The number of halogens is 3. The molecule has 2 unspecified atom stereocenters. The molecule has 0 bridgehead atoms. The lowest BCUT2D eigenvalue weighted by Gasteiger charge is -2.24. The largest absolute Gasteiger partial charge is 0.488 e. The van der Waals surface area contributed by atoms with Crippen LogP contribution in [-0.2, 0) is 12.8 Å². The van der Waals surface area contributed by atoms with Crippen molar-refractivity contribution >= 4 is 5.69 Å². The summed E-state index contributed by atoms with van der Waals surface area (Å²) < 4.78 is 48.2. The van der Waals surface area contributed by atoms with Gasteiger partial charge in [0.25, 0.3) is 0 Å². The van der Waals surface area contributed by atoms with E-state index in [1.54, 1.807) is 12.1 Å². The fraction of sp³-hybridized carbons (Fsp3) is 0.538. The van der Waals surface area contributed by atoms with Gasteiger partial charge in [-0.1, -0.05) is 12.1 Å². The highest BCUT2D eigenvalue weighted by molar-refractivity contribution is 5.65. The maximum atomic E-state index is 12.5. The fourth-order valence-electron chi connectivity index (χ4n) is 4.46. The first-order chi connectivity index (χ1) is 17.1. The van der Waals surface area contributed by atoms with Gasteiger partial charge in [-0.05, 0) is 68.0 Å². The standard InChI is InChI=1S/C26H36F3N3O4/c1-17-4-5-22(36-16-26(27,28)29)23(12-17)35-11-7-31-18(2)13-19-14-20-6-9-32(8-3-10-33)24(20)21(15-19)25(30)34/h4-5,12,14-15,18,25,31,33-34H,3,6-11,13,16,30H2,1-2H3. The maximum Gasteiger partial charge on any atom is 0.422 e. The molecule has 3 rings (SSSR count). The normalized spacial score (nSPS) is 15.1. The summed E-state index contributed by atoms with van der Waals surface area (Å²) in [6, 6.07) is 8.98. The Balaban J connectivity index is 1.55. The molecule has 2 aromatic carbocycles. The van der Waals surface area contributed by atoms with Crippen LogP contribution in [0.3, 0.4) is 0 Å². The van der Waals surface area contributed by atoms with Gasteiger partial charge in [0, 0.05) is 43.5 Å². The zero-order valence-corrected chi connectivity index (χ0v) is 20.8. The molecule has 10 heteroatoms. The molecule has 1 aliphatic heterocycles. The Morgan fingerprint density at radius 3 is 2.64 bits per heavy atom. The second kappa shape index (κ2) is 12.6. The number of nitrogens with one attached hydrogen (secondary N) is 1. The topological polar surface area (TPSA) is 100 Å². The van der Waals surface area contributed by atoms with E-state index in [4.69, 9.17) is 20.3 Å². The highest BCUT2D eigenvalue weighted by Crippen LogP contribution is 2.36. The SMILES string of the molecule is Cc1ccc(OCC(F)(F)F)c(OCCNC(C)Cc2cc3c(c(C(N)O)c2)N(CCCO)CC3)c1. The molecule has 0 spiro atoms. The van der Waals surface area contributed by atoms with Crippen LogP contribution in [0, 0.1) is 6.92 Å². The van der Waals surface area contributed by atoms with Gasteiger partial charge >= 0.3 is 6.18 Å². The maximum absolute atomic E-state index is 12.5. The molecule has 1 aliphatic rings. The van der Waals surface area contributed by atoms with E-state index < -0.39 is 19.0 Å². The van der Waals surface area contributed by atoms with Crippen LogP contribution in [-0.4, -0.2) is 61.9 Å². The number of fused-ring (bicyclic) bond motifs is 1. The first kappa shape index (κ1) is 28.0. The predicted octanol–water partition coefficient (Wildman–Crippen LogP) is 3.23. The van der Waals surface area contributed by atoms with Gasteiger partial charge in [-0.3, -0.25) is 0 Å². The molecule has 2 aromatic rings. The van der Waals surface area contributed by atoms with Crippen LogP contribution in [0.2, 0.25) is 0 Å². The minimum atomic E-state index is -4.42. The third-order valence-corrected chi connectivity index (χ3v) is 6.04. The van der Waals surface area contributed by atoms with Gasteiger partial charge in [-0.25, -0.2) is 0 Å². The average molecular weight is 512 g/mol. The van der Waals surface area contributed by atoms with Gasteiger partial charge in [0.2, 0.25) is 0 Å². The van der Waals surface area contributed by atoms with Crippen molar-refractivity contribution in [2.75, 3.05) is 44.4 Å². The summed E-state index contributed by atoms with van der Waals surface area (Å²) in [6.45, 7) is 4.89. The summed E-state index contributed by atoms with van der Waals surface area (Å²) in [5, 5.41) is 22.7. The van der Waals surface area contributed by atoms with E-state index in [-0.39, 0.29) is 30.8 Å². The number of benzene rings is 2. The molecule has 0 saturated heterocycles. The lowest BCUT2D eigenvalue weighted by Crippen LogP contribution is -2.32. The van der Waals surface area contributed by atoms with Crippen molar-refractivity contribution in [2.24, 2.45) is 5.73 Å². The van der Waals surface area contributed by atoms with Crippen LogP contribution in [0.5, 0.6) is 11.5 Å². The minimum Gasteiger partial charge on any atom is -0.488 e. The predicted molar refractivity (Wildman–Crippen MR) is 133 cm³/mol. The quantitative estimate of drug-likeness (QED) is 0.242. The van der Waals surface area contributed by atoms with Crippen molar-refractivity contribution in [3.8, 4) is 11.5 Å². The molecular formula is C26H36F3N3O4. The zero-order valence-electron chi connectivity index (χ0n) is 20.8. The fourth-order valence-corrected chi connectivity index (χ4v) is 4.46. The Morgan fingerprint density at radius 2 is 1.94 bits per heavy atom. The number of ether oxygens (including phenoxy) is 2. The zero-order chi connectivity index (χ0) is 26.3. The molecule has 200 valence electrons. The second-order valence-electron chi connectivity index (χ2n) is 9.21. The van der Waals surface area contributed by atoms with Crippen LogP contribution in [0.25, 0.3) is 0 Å². The minimum absolute atomic E-state index is 0.0602. The lowest BCUT2D eigenvalue weighted by molar-refractivity contribution is -0.153. The Bertz CT molecular complexity index is 1000. The Labute approximate surface area is 210 Å². The van der Waals surface area contributed by atoms with Gasteiger partial charge in [0.05, 0.1) is 0 Å². The van der Waals surface area contributed by atoms with E-state index in [1.807, 2.05) is 19.9 Å².